The van der Waals surface area contributed by atoms with Crippen LogP contribution >= 0.6 is 11.6 Å². The van der Waals surface area contributed by atoms with E-state index >= 15 is 0 Å². The number of benzene rings is 3. The van der Waals surface area contributed by atoms with E-state index in [-0.39, 0.29) is 45.4 Å². The van der Waals surface area contributed by atoms with E-state index in [4.69, 9.17) is 20.8 Å². The zero-order chi connectivity index (χ0) is 25.6. The van der Waals surface area contributed by atoms with Gasteiger partial charge in [-0.25, -0.2) is 4.79 Å². The number of imide groups is 1. The molecule has 1 atom stereocenters. The van der Waals surface area contributed by atoms with E-state index in [1.807, 2.05) is 6.92 Å². The first-order valence-corrected chi connectivity index (χ1v) is 11.7. The van der Waals surface area contributed by atoms with Crippen molar-refractivity contribution >= 4 is 40.4 Å². The second kappa shape index (κ2) is 9.09. The van der Waals surface area contributed by atoms with Crippen LogP contribution in [-0.2, 0) is 0 Å². The molecule has 3 aromatic carbocycles. The van der Waals surface area contributed by atoms with Crippen molar-refractivity contribution in [1.29, 1.82) is 0 Å². The molecule has 0 saturated heterocycles. The van der Waals surface area contributed by atoms with E-state index < -0.39 is 11.9 Å². The third kappa shape index (κ3) is 3.97. The maximum atomic E-state index is 13.0. The first-order valence-electron chi connectivity index (χ1n) is 11.3. The highest BCUT2D eigenvalue weighted by Crippen LogP contribution is 2.28. The van der Waals surface area contributed by atoms with Crippen LogP contribution in [0.4, 0.5) is 0 Å². The number of rotatable bonds is 5. The molecule has 0 fully saturated rings. The van der Waals surface area contributed by atoms with Crippen LogP contribution in [0.5, 0.6) is 5.75 Å². The van der Waals surface area contributed by atoms with Crippen molar-refractivity contribution in [2.24, 2.45) is 0 Å². The van der Waals surface area contributed by atoms with Crippen LogP contribution in [0.25, 0.3) is 22.1 Å². The van der Waals surface area contributed by atoms with Crippen LogP contribution in [-0.4, -0.2) is 28.7 Å². The number of amides is 2. The zero-order valence-corrected chi connectivity index (χ0v) is 20.2. The van der Waals surface area contributed by atoms with Gasteiger partial charge in [0, 0.05) is 17.1 Å². The molecule has 1 aliphatic rings. The molecule has 0 aliphatic carbocycles. The second-order valence-corrected chi connectivity index (χ2v) is 8.97. The molecule has 1 aromatic heterocycles. The quantitative estimate of drug-likeness (QED) is 0.197. The van der Waals surface area contributed by atoms with Crippen LogP contribution in [0, 0.1) is 0 Å². The summed E-state index contributed by atoms with van der Waals surface area (Å²) in [7, 11) is 0. The van der Waals surface area contributed by atoms with Crippen molar-refractivity contribution in [3.8, 4) is 16.9 Å². The number of hydrogen-bond donors (Lipinski definition) is 0. The van der Waals surface area contributed by atoms with Crippen molar-refractivity contribution in [3.05, 3.63) is 98.9 Å². The molecule has 0 bridgehead atoms. The summed E-state index contributed by atoms with van der Waals surface area (Å²) in [4.78, 5) is 52.4. The molecule has 5 rings (SSSR count). The first-order chi connectivity index (χ1) is 17.3. The maximum absolute atomic E-state index is 13.0. The largest absolute Gasteiger partial charge is 0.463 e. The number of halogens is 1. The molecule has 1 aliphatic heterocycles. The van der Waals surface area contributed by atoms with Gasteiger partial charge < -0.3 is 9.15 Å². The molecule has 8 heteroatoms. The molecule has 2 amide bonds. The molecule has 0 spiro atoms. The van der Waals surface area contributed by atoms with Crippen molar-refractivity contribution in [1.82, 2.24) is 4.90 Å². The lowest BCUT2D eigenvalue weighted by Crippen LogP contribution is -2.37. The molecular formula is C28H20ClNO6. The van der Waals surface area contributed by atoms with Gasteiger partial charge in [0.05, 0.1) is 27.6 Å². The average Bonchev–Trinajstić information content (AvgIpc) is 3.13. The van der Waals surface area contributed by atoms with Gasteiger partial charge in [-0.05, 0) is 61.4 Å². The van der Waals surface area contributed by atoms with E-state index in [2.05, 4.69) is 0 Å². The van der Waals surface area contributed by atoms with Gasteiger partial charge in [0.2, 0.25) is 0 Å². The molecule has 4 aromatic rings. The predicted octanol–water partition coefficient (Wildman–Crippen LogP) is 5.73. The van der Waals surface area contributed by atoms with Crippen molar-refractivity contribution < 1.29 is 23.5 Å². The number of esters is 1. The molecule has 2 heterocycles. The van der Waals surface area contributed by atoms with E-state index in [0.717, 1.165) is 0 Å². The minimum absolute atomic E-state index is 0.125. The number of carbonyl (C=O) groups is 3. The fourth-order valence-corrected chi connectivity index (χ4v) is 4.26. The van der Waals surface area contributed by atoms with Gasteiger partial charge in [0.15, 0.2) is 5.43 Å². The number of fused-ring (bicyclic) bond motifs is 2. The van der Waals surface area contributed by atoms with E-state index in [1.54, 1.807) is 31.2 Å². The lowest BCUT2D eigenvalue weighted by Gasteiger charge is -2.20. The SMILES string of the molecule is CCC(C)N1C(=O)c2ccc(C(=O)Oc3ccc4c(=O)c(-c5ccc(Cl)cc5)coc4c3)cc2C1=O. The zero-order valence-electron chi connectivity index (χ0n) is 19.4. The summed E-state index contributed by atoms with van der Waals surface area (Å²) in [5.41, 5.74) is 1.64. The number of carbonyl (C=O) groups excluding carboxylic acids is 3. The minimum atomic E-state index is -0.709. The lowest BCUT2D eigenvalue weighted by molar-refractivity contribution is 0.0593. The van der Waals surface area contributed by atoms with Crippen LogP contribution < -0.4 is 10.2 Å². The number of ether oxygens (including phenoxy) is 1. The lowest BCUT2D eigenvalue weighted by atomic mass is 10.1. The first kappa shape index (κ1) is 23.5. The van der Waals surface area contributed by atoms with Gasteiger partial charge in [-0.15, -0.1) is 0 Å². The van der Waals surface area contributed by atoms with Gasteiger partial charge in [0.1, 0.15) is 17.6 Å². The van der Waals surface area contributed by atoms with Crippen LogP contribution in [0.2, 0.25) is 5.02 Å². The molecule has 0 N–H and O–H groups in total. The van der Waals surface area contributed by atoms with Crippen LogP contribution in [0.1, 0.15) is 51.3 Å². The fourth-order valence-electron chi connectivity index (χ4n) is 4.14. The summed E-state index contributed by atoms with van der Waals surface area (Å²) < 4.78 is 11.1. The molecule has 0 radical (unpaired) electrons. The average molecular weight is 502 g/mol. The molecular weight excluding hydrogens is 482 g/mol. The third-order valence-electron chi connectivity index (χ3n) is 6.30. The smallest absolute Gasteiger partial charge is 0.343 e. The molecule has 0 saturated carbocycles. The maximum Gasteiger partial charge on any atom is 0.343 e. The normalized spacial score (nSPS) is 13.7. The fraction of sp³-hybridized carbons (Fsp3) is 0.143. The Labute approximate surface area is 210 Å². The Morgan fingerprint density at radius 2 is 1.67 bits per heavy atom. The number of hydrogen-bond acceptors (Lipinski definition) is 6. The monoisotopic (exact) mass is 501 g/mol. The predicted molar refractivity (Wildman–Crippen MR) is 135 cm³/mol. The Morgan fingerprint density at radius 1 is 0.944 bits per heavy atom. The van der Waals surface area contributed by atoms with Crippen LogP contribution in [0.15, 0.2) is 76.1 Å². The highest BCUT2D eigenvalue weighted by atomic mass is 35.5. The van der Waals surface area contributed by atoms with Crippen LogP contribution in [0.3, 0.4) is 0 Å². The van der Waals surface area contributed by atoms with E-state index in [0.29, 0.717) is 28.0 Å². The van der Waals surface area contributed by atoms with Gasteiger partial charge in [-0.1, -0.05) is 30.7 Å². The minimum Gasteiger partial charge on any atom is -0.463 e. The topological polar surface area (TPSA) is 93.9 Å². The highest BCUT2D eigenvalue weighted by molar-refractivity contribution is 6.30. The number of nitrogens with zero attached hydrogens (tertiary/aromatic N) is 1. The standard InChI is InChI=1S/C28H20ClNO6/c1-3-15(2)30-26(32)20-10-6-17(12-22(20)27(30)33)28(34)36-19-9-11-21-24(13-19)35-14-23(25(21)31)16-4-7-18(29)8-5-16/h4-15H,3H2,1-2H3. The summed E-state index contributed by atoms with van der Waals surface area (Å²) in [5.74, 6) is -1.34. The summed E-state index contributed by atoms with van der Waals surface area (Å²) in [6, 6.07) is 15.3. The van der Waals surface area contributed by atoms with Gasteiger partial charge in [-0.3, -0.25) is 19.3 Å². The van der Waals surface area contributed by atoms with Crippen molar-refractivity contribution in [2.45, 2.75) is 26.3 Å². The summed E-state index contributed by atoms with van der Waals surface area (Å²) in [6.45, 7) is 3.69. The Morgan fingerprint density at radius 3 is 2.39 bits per heavy atom. The van der Waals surface area contributed by atoms with Crippen molar-refractivity contribution in [3.63, 3.8) is 0 Å². The second-order valence-electron chi connectivity index (χ2n) is 8.53. The molecule has 180 valence electrons. The molecule has 1 unspecified atom stereocenters. The Balaban J connectivity index is 1.40. The Hall–Kier alpha value is -4.23. The summed E-state index contributed by atoms with van der Waals surface area (Å²) in [5, 5.41) is 0.886. The highest BCUT2D eigenvalue weighted by Gasteiger charge is 2.38. The molecule has 36 heavy (non-hydrogen) atoms. The van der Waals surface area contributed by atoms with Gasteiger partial charge in [0.25, 0.3) is 11.8 Å². The molecule has 7 nitrogen and oxygen atoms in total. The Kier molecular flexibility index (Phi) is 5.94. The van der Waals surface area contributed by atoms with E-state index in [9.17, 15) is 19.2 Å². The third-order valence-corrected chi connectivity index (χ3v) is 6.55. The summed E-state index contributed by atoms with van der Waals surface area (Å²) in [6.07, 6.45) is 1.98. The van der Waals surface area contributed by atoms with Crippen molar-refractivity contribution in [2.75, 3.05) is 0 Å². The summed E-state index contributed by atoms with van der Waals surface area (Å²) >= 11 is 5.93. The van der Waals surface area contributed by atoms with E-state index in [1.165, 1.54) is 47.6 Å². The Bertz CT molecular complexity index is 1610. The van der Waals surface area contributed by atoms with Gasteiger partial charge in [-0.2, -0.15) is 0 Å². The van der Waals surface area contributed by atoms with Gasteiger partial charge >= 0.3 is 5.97 Å².